The first kappa shape index (κ1) is 49.3. The third-order valence-corrected chi connectivity index (χ3v) is 9.61. The molecular weight excluding hydrogens is 564 g/mol. The van der Waals surface area contributed by atoms with Crippen LogP contribution in [0.3, 0.4) is 0 Å². The van der Waals surface area contributed by atoms with E-state index in [9.17, 15) is 9.59 Å². The Morgan fingerprint density at radius 2 is 0.864 bits per heavy atom. The average Bonchev–Trinajstić information content (AvgIpc) is 2.87. The van der Waals surface area contributed by atoms with E-state index >= 15 is 0 Å². The summed E-state index contributed by atoms with van der Waals surface area (Å²) in [4.78, 5) is 26.1. The second-order valence-electron chi connectivity index (χ2n) is 13.6. The van der Waals surface area contributed by atoms with E-state index in [1.807, 2.05) is 27.7 Å². The number of alkyl carbamates (subject to hydrolysis) is 2. The van der Waals surface area contributed by atoms with Crippen LogP contribution in [-0.4, -0.2) is 89.3 Å². The summed E-state index contributed by atoms with van der Waals surface area (Å²) < 4.78 is 32.9. The summed E-state index contributed by atoms with van der Waals surface area (Å²) in [6.45, 7) is 25.7. The highest BCUT2D eigenvalue weighted by Crippen LogP contribution is 2.64. The van der Waals surface area contributed by atoms with Gasteiger partial charge in [0, 0.05) is 31.7 Å². The van der Waals surface area contributed by atoms with Crippen LogP contribution in [0.2, 0.25) is 0 Å². The maximum Gasteiger partial charge on any atom is 0.407 e. The molecule has 1 aliphatic carbocycles. The Labute approximate surface area is 272 Å². The summed E-state index contributed by atoms with van der Waals surface area (Å²) in [6.07, 6.45) is -1.68. The molecule has 2 N–H and O–H groups in total. The first-order chi connectivity index (χ1) is 18.2. The summed E-state index contributed by atoms with van der Waals surface area (Å²) >= 11 is 0. The Bertz CT molecular complexity index is 753. The van der Waals surface area contributed by atoms with Gasteiger partial charge in [-0.2, -0.15) is 0 Å². The fourth-order valence-corrected chi connectivity index (χ4v) is 5.85. The molecule has 0 bridgehead atoms. The molecule has 1 aliphatic rings. The van der Waals surface area contributed by atoms with Gasteiger partial charge >= 0.3 is 12.2 Å². The molecule has 0 spiro atoms. The van der Waals surface area contributed by atoms with Crippen molar-refractivity contribution in [3.8, 4) is 0 Å². The highest BCUT2D eigenvalue weighted by atomic mass is 16.6. The van der Waals surface area contributed by atoms with E-state index in [2.05, 4.69) is 66.0 Å². The highest BCUT2D eigenvalue weighted by molar-refractivity contribution is 5.69. The lowest BCUT2D eigenvalue weighted by atomic mass is 9.40. The molecule has 0 saturated heterocycles. The maximum absolute atomic E-state index is 13.0. The number of nitrogens with one attached hydrogen (secondary N) is 2. The molecular formula is C34H74N2O8. The summed E-state index contributed by atoms with van der Waals surface area (Å²) in [5.74, 6) is 0. The molecule has 0 aromatic carbocycles. The summed E-state index contributed by atoms with van der Waals surface area (Å²) in [5.41, 5.74) is -1.60. The molecule has 0 aromatic heterocycles. The Balaban J connectivity index is -0.00000200. The van der Waals surface area contributed by atoms with Crippen LogP contribution in [0.15, 0.2) is 0 Å². The fraction of sp³-hybridized carbons (Fsp3) is 0.941. The SMILES string of the molecule is C.C.C.C.COC(C)COC(C)COC(=O)NC1C(C)(C)C(NC(=O)OCC(C)OCC(C)OC)C(C)(C)C(C)(C)C1(C)C. The van der Waals surface area contributed by atoms with Crippen LogP contribution in [0.5, 0.6) is 0 Å². The van der Waals surface area contributed by atoms with Crippen molar-refractivity contribution >= 4 is 12.2 Å². The van der Waals surface area contributed by atoms with E-state index < -0.39 is 17.6 Å². The van der Waals surface area contributed by atoms with E-state index in [4.69, 9.17) is 28.4 Å². The van der Waals surface area contributed by atoms with E-state index in [0.717, 1.165) is 0 Å². The van der Waals surface area contributed by atoms with Gasteiger partial charge in [0.2, 0.25) is 0 Å². The average molecular weight is 639 g/mol. The lowest BCUT2D eigenvalue weighted by molar-refractivity contribution is -0.162. The monoisotopic (exact) mass is 639 g/mol. The molecule has 10 nitrogen and oxygen atoms in total. The topological polar surface area (TPSA) is 114 Å². The van der Waals surface area contributed by atoms with Gasteiger partial charge in [0.15, 0.2) is 0 Å². The van der Waals surface area contributed by atoms with Crippen molar-refractivity contribution in [3.05, 3.63) is 0 Å². The number of rotatable bonds is 14. The van der Waals surface area contributed by atoms with Gasteiger partial charge in [-0.05, 0) is 43.9 Å². The third kappa shape index (κ3) is 12.0. The molecule has 0 heterocycles. The van der Waals surface area contributed by atoms with Gasteiger partial charge in [0.05, 0.1) is 37.6 Å². The van der Waals surface area contributed by atoms with Crippen molar-refractivity contribution in [3.63, 3.8) is 0 Å². The van der Waals surface area contributed by atoms with E-state index in [1.54, 1.807) is 14.2 Å². The molecule has 0 radical (unpaired) electrons. The Morgan fingerprint density at radius 1 is 0.568 bits per heavy atom. The molecule has 44 heavy (non-hydrogen) atoms. The Kier molecular flexibility index (Phi) is 22.2. The van der Waals surface area contributed by atoms with Crippen LogP contribution in [0.25, 0.3) is 0 Å². The normalized spacial score (nSPS) is 23.3. The summed E-state index contributed by atoms with van der Waals surface area (Å²) in [6, 6.07) is -0.660. The van der Waals surface area contributed by atoms with Crippen LogP contribution >= 0.6 is 0 Å². The van der Waals surface area contributed by atoms with E-state index in [1.165, 1.54) is 0 Å². The number of hydrogen-bond acceptors (Lipinski definition) is 8. The van der Waals surface area contributed by atoms with Crippen molar-refractivity contribution in [1.29, 1.82) is 0 Å². The van der Waals surface area contributed by atoms with Gasteiger partial charge in [-0.3, -0.25) is 0 Å². The molecule has 268 valence electrons. The van der Waals surface area contributed by atoms with Crippen molar-refractivity contribution in [2.45, 2.75) is 149 Å². The van der Waals surface area contributed by atoms with Gasteiger partial charge < -0.3 is 39.1 Å². The van der Waals surface area contributed by atoms with Crippen molar-refractivity contribution in [2.24, 2.45) is 21.7 Å². The molecule has 1 rings (SSSR count). The van der Waals surface area contributed by atoms with Crippen molar-refractivity contribution < 1.29 is 38.0 Å². The highest BCUT2D eigenvalue weighted by Gasteiger charge is 2.66. The number of ether oxygens (including phenoxy) is 6. The van der Waals surface area contributed by atoms with Gasteiger partial charge in [0.25, 0.3) is 0 Å². The number of carbonyl (C=O) groups excluding carboxylic acids is 2. The molecule has 0 aromatic rings. The van der Waals surface area contributed by atoms with Gasteiger partial charge in [-0.25, -0.2) is 9.59 Å². The predicted molar refractivity (Wildman–Crippen MR) is 182 cm³/mol. The molecule has 2 amide bonds. The predicted octanol–water partition coefficient (Wildman–Crippen LogP) is 7.72. The first-order valence-electron chi connectivity index (χ1n) is 14.4. The van der Waals surface area contributed by atoms with Crippen LogP contribution in [0.4, 0.5) is 9.59 Å². The zero-order valence-corrected chi connectivity index (χ0v) is 27.6. The summed E-state index contributed by atoms with van der Waals surface area (Å²) in [7, 11) is 3.25. The van der Waals surface area contributed by atoms with Crippen molar-refractivity contribution in [1.82, 2.24) is 10.6 Å². The van der Waals surface area contributed by atoms with E-state index in [0.29, 0.717) is 13.2 Å². The lowest BCUT2D eigenvalue weighted by Gasteiger charge is -2.68. The standard InChI is InChI=1S/C30H58N2O8.4CH4/c1-19(35-13)15-37-21(3)17-39-25(33)31-23-27(5,6)24(29(9,10)30(11,12)28(23,7)8)32-26(34)40-18-22(4)38-16-20(2)36-14;;;;/h19-24H,15-18H2,1-14H3,(H,31,33)(H,32,34);4*1H4. The van der Waals surface area contributed by atoms with Gasteiger partial charge in [0.1, 0.15) is 13.2 Å². The Morgan fingerprint density at radius 3 is 1.14 bits per heavy atom. The molecule has 0 aliphatic heterocycles. The third-order valence-electron chi connectivity index (χ3n) is 9.61. The quantitative estimate of drug-likeness (QED) is 0.199. The fourth-order valence-electron chi connectivity index (χ4n) is 5.85. The second kappa shape index (κ2) is 19.8. The largest absolute Gasteiger partial charge is 0.447 e. The second-order valence-corrected chi connectivity index (χ2v) is 13.6. The molecule has 6 atom stereocenters. The molecule has 1 saturated carbocycles. The minimum Gasteiger partial charge on any atom is -0.447 e. The van der Waals surface area contributed by atoms with Gasteiger partial charge in [-0.15, -0.1) is 0 Å². The molecule has 10 heteroatoms. The number of hydrogen-bond donors (Lipinski definition) is 2. The summed E-state index contributed by atoms with van der Waals surface area (Å²) in [5, 5.41) is 6.29. The van der Waals surface area contributed by atoms with Crippen molar-refractivity contribution in [2.75, 3.05) is 40.6 Å². The molecule has 6 unspecified atom stereocenters. The number of amides is 2. The zero-order valence-electron chi connectivity index (χ0n) is 27.6. The van der Waals surface area contributed by atoms with E-state index in [-0.39, 0.29) is 95.7 Å². The number of carbonyl (C=O) groups is 2. The first-order valence-corrected chi connectivity index (χ1v) is 14.4. The van der Waals surface area contributed by atoms with Gasteiger partial charge in [-0.1, -0.05) is 85.1 Å². The van der Waals surface area contributed by atoms with Crippen LogP contribution in [0.1, 0.15) is 113 Å². The lowest BCUT2D eigenvalue weighted by Crippen LogP contribution is -2.75. The Hall–Kier alpha value is -1.62. The van der Waals surface area contributed by atoms with Crippen LogP contribution in [-0.2, 0) is 28.4 Å². The number of methoxy groups -OCH3 is 2. The van der Waals surface area contributed by atoms with Crippen LogP contribution in [0, 0.1) is 21.7 Å². The molecule has 1 fully saturated rings. The minimum atomic E-state index is -0.563. The van der Waals surface area contributed by atoms with Crippen LogP contribution < -0.4 is 10.6 Å². The minimum absolute atomic E-state index is 0. The smallest absolute Gasteiger partial charge is 0.407 e. The maximum atomic E-state index is 13.0. The zero-order chi connectivity index (χ0) is 31.1.